The monoisotopic (exact) mass is 337 g/mol. The second kappa shape index (κ2) is 7.40. The average Bonchev–Trinajstić information content (AvgIpc) is 2.99. The van der Waals surface area contributed by atoms with E-state index in [-0.39, 0.29) is 24.9 Å². The molecule has 0 saturated heterocycles. The van der Waals surface area contributed by atoms with Gasteiger partial charge in [0.05, 0.1) is 12.8 Å². The first-order valence-corrected chi connectivity index (χ1v) is 8.86. The largest absolute Gasteiger partial charge is 0.455 e. The van der Waals surface area contributed by atoms with Crippen LogP contribution in [-0.2, 0) is 16.6 Å². The van der Waals surface area contributed by atoms with Gasteiger partial charge >= 0.3 is 0 Å². The van der Waals surface area contributed by atoms with Gasteiger partial charge in [-0.2, -0.15) is 0 Å². The summed E-state index contributed by atoms with van der Waals surface area (Å²) in [5.74, 6) is 0.0606. The molecule has 0 aliphatic rings. The van der Waals surface area contributed by atoms with Crippen LogP contribution in [0.15, 0.2) is 46.9 Å². The molecule has 1 atom stereocenters. The van der Waals surface area contributed by atoms with Crippen molar-refractivity contribution in [2.75, 3.05) is 12.8 Å². The molecule has 1 heterocycles. The zero-order valence-electron chi connectivity index (χ0n) is 12.7. The molecule has 2 rings (SSSR count). The van der Waals surface area contributed by atoms with Crippen LogP contribution in [0.25, 0.3) is 0 Å². The molecule has 1 aromatic carbocycles. The smallest absolute Gasteiger partial charge is 0.287 e. The highest BCUT2D eigenvalue weighted by molar-refractivity contribution is 7.88. The highest BCUT2D eigenvalue weighted by atomic mass is 32.2. The van der Waals surface area contributed by atoms with Crippen molar-refractivity contribution in [1.29, 1.82) is 0 Å². The highest BCUT2D eigenvalue weighted by Crippen LogP contribution is 2.10. The van der Waals surface area contributed by atoms with Crippen LogP contribution in [-0.4, -0.2) is 27.1 Å². The zero-order valence-corrected chi connectivity index (χ0v) is 13.5. The molecule has 1 aromatic heterocycles. The van der Waals surface area contributed by atoms with Crippen LogP contribution in [0.3, 0.4) is 0 Å². The fourth-order valence-electron chi connectivity index (χ4n) is 1.91. The van der Waals surface area contributed by atoms with Gasteiger partial charge in [-0.25, -0.2) is 13.1 Å². The number of hydrogen-bond acceptors (Lipinski definition) is 5. The Morgan fingerprint density at radius 1 is 1.22 bits per heavy atom. The summed E-state index contributed by atoms with van der Waals surface area (Å²) >= 11 is 0. The number of nitrogens with two attached hydrogens (primary N) is 1. The first kappa shape index (κ1) is 17.2. The maximum Gasteiger partial charge on any atom is 0.287 e. The van der Waals surface area contributed by atoms with E-state index in [9.17, 15) is 13.2 Å². The van der Waals surface area contributed by atoms with E-state index in [1.54, 1.807) is 6.07 Å². The minimum absolute atomic E-state index is 0.00432. The van der Waals surface area contributed by atoms with Crippen LogP contribution in [0, 0.1) is 0 Å². The quantitative estimate of drug-likeness (QED) is 0.690. The molecule has 0 saturated carbocycles. The lowest BCUT2D eigenvalue weighted by atomic mass is 10.1. The minimum atomic E-state index is -3.31. The molecule has 0 fully saturated rings. The lowest BCUT2D eigenvalue weighted by molar-refractivity contribution is 0.0921. The Hall–Kier alpha value is -2.16. The van der Waals surface area contributed by atoms with E-state index < -0.39 is 15.9 Å². The number of rotatable bonds is 7. The van der Waals surface area contributed by atoms with Gasteiger partial charge in [0, 0.05) is 12.6 Å². The molecule has 0 aliphatic heterocycles. The number of sulfonamides is 1. The summed E-state index contributed by atoms with van der Waals surface area (Å²) < 4.78 is 29.6. The van der Waals surface area contributed by atoms with Crippen molar-refractivity contribution in [2.24, 2.45) is 5.73 Å². The third-order valence-corrected chi connectivity index (χ3v) is 3.77. The third-order valence-electron chi connectivity index (χ3n) is 3.10. The lowest BCUT2D eigenvalue weighted by Crippen LogP contribution is -2.31. The van der Waals surface area contributed by atoms with Crippen molar-refractivity contribution in [2.45, 2.75) is 12.6 Å². The number of carbonyl (C=O) groups is 1. The van der Waals surface area contributed by atoms with E-state index in [1.165, 1.54) is 6.07 Å². The van der Waals surface area contributed by atoms with Crippen LogP contribution in [0.2, 0.25) is 0 Å². The molecule has 0 bridgehead atoms. The molecule has 2 aromatic rings. The number of amides is 1. The summed E-state index contributed by atoms with van der Waals surface area (Å²) in [6.07, 6.45) is 1.05. The SMILES string of the molecule is CS(=O)(=O)NCc1ccc(C(=O)NCC(N)c2ccccc2)o1. The first-order chi connectivity index (χ1) is 10.8. The van der Waals surface area contributed by atoms with Gasteiger partial charge in [0.25, 0.3) is 5.91 Å². The van der Waals surface area contributed by atoms with E-state index in [0.717, 1.165) is 11.8 Å². The van der Waals surface area contributed by atoms with Crippen molar-refractivity contribution >= 4 is 15.9 Å². The van der Waals surface area contributed by atoms with E-state index in [4.69, 9.17) is 10.2 Å². The van der Waals surface area contributed by atoms with Gasteiger partial charge in [0.15, 0.2) is 5.76 Å². The predicted octanol–water partition coefficient (Wildman–Crippen LogP) is 0.759. The van der Waals surface area contributed by atoms with Gasteiger partial charge < -0.3 is 15.5 Å². The summed E-state index contributed by atoms with van der Waals surface area (Å²) in [7, 11) is -3.31. The van der Waals surface area contributed by atoms with Crippen molar-refractivity contribution in [3.05, 3.63) is 59.5 Å². The van der Waals surface area contributed by atoms with Crippen molar-refractivity contribution in [1.82, 2.24) is 10.0 Å². The highest BCUT2D eigenvalue weighted by Gasteiger charge is 2.14. The molecular formula is C15H19N3O4S. The summed E-state index contributed by atoms with van der Waals surface area (Å²) in [6, 6.07) is 12.1. The molecule has 0 spiro atoms. The van der Waals surface area contributed by atoms with E-state index in [2.05, 4.69) is 10.0 Å². The first-order valence-electron chi connectivity index (χ1n) is 6.97. The summed E-state index contributed by atoms with van der Waals surface area (Å²) in [5, 5.41) is 2.69. The van der Waals surface area contributed by atoms with Crippen LogP contribution in [0.1, 0.15) is 27.9 Å². The standard InChI is InChI=1S/C15H19N3O4S/c1-23(20,21)18-9-12-7-8-14(22-12)15(19)17-10-13(16)11-5-3-2-4-6-11/h2-8,13,18H,9-10,16H2,1H3,(H,17,19). The van der Waals surface area contributed by atoms with Gasteiger partial charge in [-0.15, -0.1) is 0 Å². The Morgan fingerprint density at radius 3 is 2.57 bits per heavy atom. The minimum Gasteiger partial charge on any atom is -0.455 e. The van der Waals surface area contributed by atoms with Gasteiger partial charge in [-0.1, -0.05) is 30.3 Å². The Kier molecular flexibility index (Phi) is 5.54. The molecule has 23 heavy (non-hydrogen) atoms. The number of hydrogen-bond donors (Lipinski definition) is 3. The average molecular weight is 337 g/mol. The van der Waals surface area contributed by atoms with Gasteiger partial charge in [0.1, 0.15) is 5.76 Å². The zero-order chi connectivity index (χ0) is 16.9. The summed E-state index contributed by atoms with van der Waals surface area (Å²) in [5.41, 5.74) is 6.92. The van der Waals surface area contributed by atoms with E-state index in [1.807, 2.05) is 30.3 Å². The Bertz CT molecular complexity index is 756. The fourth-order valence-corrected chi connectivity index (χ4v) is 2.31. The van der Waals surface area contributed by atoms with Crippen LogP contribution >= 0.6 is 0 Å². The number of benzene rings is 1. The van der Waals surface area contributed by atoms with Crippen molar-refractivity contribution in [3.8, 4) is 0 Å². The van der Waals surface area contributed by atoms with Gasteiger partial charge in [-0.3, -0.25) is 4.79 Å². The number of nitrogens with one attached hydrogen (secondary N) is 2. The predicted molar refractivity (Wildman–Crippen MR) is 86.1 cm³/mol. The van der Waals surface area contributed by atoms with E-state index >= 15 is 0 Å². The maximum atomic E-state index is 12.0. The topological polar surface area (TPSA) is 114 Å². The summed E-state index contributed by atoms with van der Waals surface area (Å²) in [4.78, 5) is 12.0. The Labute approximate surface area is 134 Å². The van der Waals surface area contributed by atoms with Crippen molar-refractivity contribution < 1.29 is 17.6 Å². The molecule has 7 nitrogen and oxygen atoms in total. The second-order valence-electron chi connectivity index (χ2n) is 5.09. The fraction of sp³-hybridized carbons (Fsp3) is 0.267. The second-order valence-corrected chi connectivity index (χ2v) is 6.92. The molecule has 1 amide bonds. The number of furan rings is 1. The van der Waals surface area contributed by atoms with Gasteiger partial charge in [0.2, 0.25) is 10.0 Å². The van der Waals surface area contributed by atoms with Gasteiger partial charge in [-0.05, 0) is 17.7 Å². The Balaban J connectivity index is 1.88. The molecule has 0 radical (unpaired) electrons. The molecule has 8 heteroatoms. The van der Waals surface area contributed by atoms with Crippen molar-refractivity contribution in [3.63, 3.8) is 0 Å². The number of carbonyl (C=O) groups excluding carboxylic acids is 1. The molecule has 4 N–H and O–H groups in total. The van der Waals surface area contributed by atoms with Crippen LogP contribution in [0.5, 0.6) is 0 Å². The lowest BCUT2D eigenvalue weighted by Gasteiger charge is -2.12. The van der Waals surface area contributed by atoms with Crippen LogP contribution < -0.4 is 15.8 Å². The summed E-state index contributed by atoms with van der Waals surface area (Å²) in [6.45, 7) is 0.260. The molecule has 124 valence electrons. The van der Waals surface area contributed by atoms with Crippen LogP contribution in [0.4, 0.5) is 0 Å². The third kappa shape index (κ3) is 5.51. The van der Waals surface area contributed by atoms with E-state index in [0.29, 0.717) is 5.76 Å². The maximum absolute atomic E-state index is 12.0. The molecule has 1 unspecified atom stereocenters. The normalized spacial score (nSPS) is 12.8. The molecule has 0 aliphatic carbocycles. The Morgan fingerprint density at radius 2 is 1.91 bits per heavy atom. The molecular weight excluding hydrogens is 318 g/mol.